The average Bonchev–Trinajstić information content (AvgIpc) is 3.31. The van der Waals surface area contributed by atoms with Crippen molar-refractivity contribution in [1.29, 1.82) is 0 Å². The lowest BCUT2D eigenvalue weighted by Gasteiger charge is -2.19. The molecule has 0 fully saturated rings. The molecule has 5 aromatic rings. The Labute approximate surface area is 208 Å². The van der Waals surface area contributed by atoms with Crippen molar-refractivity contribution in [2.75, 3.05) is 12.0 Å². The van der Waals surface area contributed by atoms with Crippen LogP contribution in [0.15, 0.2) is 79.0 Å². The van der Waals surface area contributed by atoms with Crippen LogP contribution in [0.25, 0.3) is 27.7 Å². The van der Waals surface area contributed by atoms with E-state index in [2.05, 4.69) is 40.0 Å². The molecule has 1 atom stereocenters. The second kappa shape index (κ2) is 10.3. The zero-order chi connectivity index (χ0) is 24.2. The van der Waals surface area contributed by atoms with Crippen molar-refractivity contribution < 1.29 is 4.79 Å². The van der Waals surface area contributed by atoms with Gasteiger partial charge in [-0.1, -0.05) is 54.6 Å². The molecule has 0 saturated heterocycles. The number of thioether (sulfide) groups is 1. The van der Waals surface area contributed by atoms with E-state index in [1.807, 2.05) is 72.1 Å². The highest BCUT2D eigenvalue weighted by Gasteiger charge is 2.22. The summed E-state index contributed by atoms with van der Waals surface area (Å²) in [4.78, 5) is 18.3. The van der Waals surface area contributed by atoms with Gasteiger partial charge in [0.2, 0.25) is 5.91 Å². The summed E-state index contributed by atoms with van der Waals surface area (Å²) in [6, 6.07) is 23.9. The van der Waals surface area contributed by atoms with Crippen molar-refractivity contribution in [3.63, 3.8) is 0 Å². The molecule has 35 heavy (non-hydrogen) atoms. The smallest absolute Gasteiger partial charge is 0.225 e. The Kier molecular flexibility index (Phi) is 6.77. The second-order valence-electron chi connectivity index (χ2n) is 8.50. The SMILES string of the molecule is CSCCC(NC(=O)Cc1c(C)nc2ccccc2c1-c1ccccc1)c1nnc2ccccn12. The zero-order valence-electron chi connectivity index (χ0n) is 19.8. The monoisotopic (exact) mass is 481 g/mol. The summed E-state index contributed by atoms with van der Waals surface area (Å²) in [5.74, 6) is 1.60. The van der Waals surface area contributed by atoms with Crippen LogP contribution in [0, 0.1) is 6.92 Å². The molecule has 0 radical (unpaired) electrons. The molecular weight excluding hydrogens is 454 g/mol. The summed E-state index contributed by atoms with van der Waals surface area (Å²) < 4.78 is 1.95. The van der Waals surface area contributed by atoms with E-state index in [0.717, 1.165) is 56.9 Å². The number of nitrogens with zero attached hydrogens (tertiary/aromatic N) is 4. The molecule has 7 heteroatoms. The van der Waals surface area contributed by atoms with E-state index in [-0.39, 0.29) is 18.4 Å². The summed E-state index contributed by atoms with van der Waals surface area (Å²) in [6.45, 7) is 1.98. The fourth-order valence-corrected chi connectivity index (χ4v) is 5.00. The number of para-hydroxylation sites is 1. The Morgan fingerprint density at radius 3 is 2.60 bits per heavy atom. The maximum Gasteiger partial charge on any atom is 0.225 e. The van der Waals surface area contributed by atoms with Crippen molar-refractivity contribution in [2.24, 2.45) is 0 Å². The quantitative estimate of drug-likeness (QED) is 0.321. The number of aromatic nitrogens is 4. The molecule has 1 N–H and O–H groups in total. The lowest BCUT2D eigenvalue weighted by atomic mass is 9.92. The predicted molar refractivity (Wildman–Crippen MR) is 142 cm³/mol. The lowest BCUT2D eigenvalue weighted by molar-refractivity contribution is -0.121. The average molecular weight is 482 g/mol. The first-order valence-corrected chi connectivity index (χ1v) is 13.1. The maximum absolute atomic E-state index is 13.5. The molecule has 0 saturated carbocycles. The van der Waals surface area contributed by atoms with Gasteiger partial charge in [-0.2, -0.15) is 11.8 Å². The molecule has 1 amide bonds. The van der Waals surface area contributed by atoms with Crippen molar-refractivity contribution in [1.82, 2.24) is 24.9 Å². The van der Waals surface area contributed by atoms with Gasteiger partial charge >= 0.3 is 0 Å². The van der Waals surface area contributed by atoms with Gasteiger partial charge in [0.25, 0.3) is 0 Å². The number of aryl methyl sites for hydroxylation is 1. The van der Waals surface area contributed by atoms with Gasteiger partial charge in [0.1, 0.15) is 0 Å². The summed E-state index contributed by atoms with van der Waals surface area (Å²) in [6.07, 6.45) is 5.01. The number of nitrogens with one attached hydrogen (secondary N) is 1. The van der Waals surface area contributed by atoms with Crippen LogP contribution in [0.2, 0.25) is 0 Å². The standard InChI is InChI=1S/C28H27N5OS/c1-19-22(27(20-10-4-3-5-11-20)21-12-6-7-13-23(21)29-19)18-26(34)30-24(15-17-35-2)28-32-31-25-14-8-9-16-33(25)28/h3-14,16,24H,15,17-18H2,1-2H3,(H,30,34). The molecule has 6 nitrogen and oxygen atoms in total. The molecule has 0 aliphatic carbocycles. The molecule has 1 unspecified atom stereocenters. The fraction of sp³-hybridized carbons (Fsp3) is 0.214. The summed E-state index contributed by atoms with van der Waals surface area (Å²) in [7, 11) is 0. The van der Waals surface area contributed by atoms with Crippen LogP contribution in [0.5, 0.6) is 0 Å². The Hall–Kier alpha value is -3.71. The van der Waals surface area contributed by atoms with Gasteiger partial charge in [-0.05, 0) is 60.2 Å². The Balaban J connectivity index is 1.50. The van der Waals surface area contributed by atoms with Crippen LogP contribution in [0.1, 0.15) is 29.5 Å². The minimum absolute atomic E-state index is 0.0545. The second-order valence-corrected chi connectivity index (χ2v) is 9.48. The van der Waals surface area contributed by atoms with Gasteiger partial charge in [0.05, 0.1) is 18.0 Å². The van der Waals surface area contributed by atoms with Gasteiger partial charge < -0.3 is 5.32 Å². The molecule has 5 rings (SSSR count). The van der Waals surface area contributed by atoms with Crippen molar-refractivity contribution in [2.45, 2.75) is 25.8 Å². The zero-order valence-corrected chi connectivity index (χ0v) is 20.6. The third-order valence-electron chi connectivity index (χ3n) is 6.20. The number of rotatable bonds is 8. The molecule has 0 aliphatic heterocycles. The number of fused-ring (bicyclic) bond motifs is 2. The van der Waals surface area contributed by atoms with E-state index >= 15 is 0 Å². The number of hydrogen-bond donors (Lipinski definition) is 1. The lowest BCUT2D eigenvalue weighted by Crippen LogP contribution is -2.32. The highest BCUT2D eigenvalue weighted by atomic mass is 32.2. The van der Waals surface area contributed by atoms with E-state index in [9.17, 15) is 4.79 Å². The number of carbonyl (C=O) groups is 1. The third-order valence-corrected chi connectivity index (χ3v) is 6.84. The maximum atomic E-state index is 13.5. The highest BCUT2D eigenvalue weighted by Crippen LogP contribution is 2.33. The molecule has 3 heterocycles. The van der Waals surface area contributed by atoms with Crippen LogP contribution < -0.4 is 5.32 Å². The molecule has 176 valence electrons. The predicted octanol–water partition coefficient (Wildman–Crippen LogP) is 5.41. The Bertz CT molecular complexity index is 1480. The summed E-state index contributed by atoms with van der Waals surface area (Å²) >= 11 is 1.75. The first-order chi connectivity index (χ1) is 17.2. The van der Waals surface area contributed by atoms with E-state index in [1.165, 1.54) is 0 Å². The Morgan fingerprint density at radius 1 is 1.00 bits per heavy atom. The van der Waals surface area contributed by atoms with Crippen LogP contribution in [-0.4, -0.2) is 37.5 Å². The van der Waals surface area contributed by atoms with E-state index in [1.54, 1.807) is 11.8 Å². The largest absolute Gasteiger partial charge is 0.346 e. The van der Waals surface area contributed by atoms with Gasteiger partial charge in [0.15, 0.2) is 11.5 Å². The third kappa shape index (κ3) is 4.77. The molecule has 0 bridgehead atoms. The van der Waals surface area contributed by atoms with E-state index in [4.69, 9.17) is 4.98 Å². The minimum atomic E-state index is -0.235. The first-order valence-electron chi connectivity index (χ1n) is 11.7. The van der Waals surface area contributed by atoms with Crippen LogP contribution in [0.3, 0.4) is 0 Å². The number of hydrogen-bond acceptors (Lipinski definition) is 5. The molecule has 3 aromatic heterocycles. The first kappa shape index (κ1) is 23.1. The van der Waals surface area contributed by atoms with Crippen molar-refractivity contribution >= 4 is 34.2 Å². The molecular formula is C28H27N5OS. The van der Waals surface area contributed by atoms with Gasteiger partial charge in [-0.3, -0.25) is 14.2 Å². The normalized spacial score (nSPS) is 12.2. The molecule has 2 aromatic carbocycles. The van der Waals surface area contributed by atoms with Gasteiger partial charge in [0, 0.05) is 17.3 Å². The van der Waals surface area contributed by atoms with Gasteiger partial charge in [-0.15, -0.1) is 10.2 Å². The minimum Gasteiger partial charge on any atom is -0.346 e. The molecule has 0 spiro atoms. The topological polar surface area (TPSA) is 72.2 Å². The van der Waals surface area contributed by atoms with Crippen molar-refractivity contribution in [3.8, 4) is 11.1 Å². The highest BCUT2D eigenvalue weighted by molar-refractivity contribution is 7.98. The van der Waals surface area contributed by atoms with E-state index in [0.29, 0.717) is 0 Å². The number of carbonyl (C=O) groups excluding carboxylic acids is 1. The van der Waals surface area contributed by atoms with Gasteiger partial charge in [-0.25, -0.2) is 0 Å². The summed E-state index contributed by atoms with van der Waals surface area (Å²) in [5.41, 5.74) is 5.66. The number of benzene rings is 2. The number of pyridine rings is 2. The number of amides is 1. The fourth-order valence-electron chi connectivity index (χ4n) is 4.53. The molecule has 0 aliphatic rings. The van der Waals surface area contributed by atoms with E-state index < -0.39 is 0 Å². The Morgan fingerprint density at radius 2 is 1.77 bits per heavy atom. The van der Waals surface area contributed by atoms with Crippen LogP contribution in [-0.2, 0) is 11.2 Å². The van der Waals surface area contributed by atoms with Crippen molar-refractivity contribution in [3.05, 3.63) is 96.1 Å². The van der Waals surface area contributed by atoms with Crippen LogP contribution >= 0.6 is 11.8 Å². The summed E-state index contributed by atoms with van der Waals surface area (Å²) in [5, 5.41) is 13.0. The van der Waals surface area contributed by atoms with Crippen LogP contribution in [0.4, 0.5) is 0 Å².